The molecule has 1 aromatic carbocycles. The second-order valence-corrected chi connectivity index (χ2v) is 9.26. The maximum atomic E-state index is 12.6. The van der Waals surface area contributed by atoms with Gasteiger partial charge in [-0.15, -0.1) is 0 Å². The number of anilines is 1. The molecule has 2 aromatic rings. The van der Waals surface area contributed by atoms with Crippen molar-refractivity contribution in [1.29, 1.82) is 0 Å². The molecule has 0 spiro atoms. The molecule has 1 heterocycles. The summed E-state index contributed by atoms with van der Waals surface area (Å²) in [6, 6.07) is 7.55. The van der Waals surface area contributed by atoms with Crippen molar-refractivity contribution in [3.63, 3.8) is 0 Å². The molecule has 2 N–H and O–H groups in total. The smallest absolute Gasteiger partial charge is 0.227 e. The third kappa shape index (κ3) is 6.12. The summed E-state index contributed by atoms with van der Waals surface area (Å²) < 4.78 is 11.6. The first kappa shape index (κ1) is 23.3. The second kappa shape index (κ2) is 10.8. The molecule has 2 fully saturated rings. The molecule has 0 bridgehead atoms. The third-order valence-corrected chi connectivity index (χ3v) is 6.59. The van der Waals surface area contributed by atoms with Gasteiger partial charge in [-0.2, -0.15) is 4.98 Å². The summed E-state index contributed by atoms with van der Waals surface area (Å²) in [4.78, 5) is 29.1. The van der Waals surface area contributed by atoms with Gasteiger partial charge in [0, 0.05) is 19.8 Å². The summed E-state index contributed by atoms with van der Waals surface area (Å²) in [7, 11) is 0. The monoisotopic (exact) mass is 454 g/mol. The third-order valence-electron chi connectivity index (χ3n) is 6.59. The van der Waals surface area contributed by atoms with E-state index in [1.54, 1.807) is 0 Å². The van der Waals surface area contributed by atoms with Crippen LogP contribution in [0.5, 0.6) is 5.75 Å². The molecular weight excluding hydrogens is 420 g/mol. The molecule has 0 saturated heterocycles. The standard InChI is InChI=1S/C25H34N4O4/c1-18(30)28-25(16-8-2-3-9-17-25)24-27-23(33-29-24)15-14-22(31)26-20-12-6-7-13-21(20)32-19-10-4-5-11-19/h6-7,12-13,19H,2-5,8-11,14-17H2,1H3,(H,26,31)(H,28,30). The van der Waals surface area contributed by atoms with Crippen LogP contribution in [0, 0.1) is 0 Å². The summed E-state index contributed by atoms with van der Waals surface area (Å²) >= 11 is 0. The van der Waals surface area contributed by atoms with Gasteiger partial charge in [-0.05, 0) is 50.7 Å². The highest BCUT2D eigenvalue weighted by Gasteiger charge is 2.38. The predicted octanol–water partition coefficient (Wildman–Crippen LogP) is 4.65. The zero-order valence-electron chi connectivity index (χ0n) is 19.4. The maximum Gasteiger partial charge on any atom is 0.227 e. The molecule has 4 rings (SSSR count). The summed E-state index contributed by atoms with van der Waals surface area (Å²) in [6.07, 6.45) is 11.1. The lowest BCUT2D eigenvalue weighted by Gasteiger charge is -2.30. The van der Waals surface area contributed by atoms with E-state index in [0.717, 1.165) is 51.4 Å². The minimum Gasteiger partial charge on any atom is -0.488 e. The number of para-hydroxylation sites is 2. The number of hydrogen-bond acceptors (Lipinski definition) is 6. The van der Waals surface area contributed by atoms with Crippen molar-refractivity contribution in [3.8, 4) is 5.75 Å². The lowest BCUT2D eigenvalue weighted by Crippen LogP contribution is -2.45. The van der Waals surface area contributed by atoms with Crippen LogP contribution in [0.4, 0.5) is 5.69 Å². The number of aryl methyl sites for hydroxylation is 1. The van der Waals surface area contributed by atoms with E-state index < -0.39 is 5.54 Å². The molecule has 8 heteroatoms. The summed E-state index contributed by atoms with van der Waals surface area (Å²) in [5.41, 5.74) is 0.103. The quantitative estimate of drug-likeness (QED) is 0.563. The molecule has 0 aliphatic heterocycles. The molecule has 8 nitrogen and oxygen atoms in total. The molecule has 0 unspecified atom stereocenters. The predicted molar refractivity (Wildman–Crippen MR) is 124 cm³/mol. The molecule has 2 saturated carbocycles. The van der Waals surface area contributed by atoms with Crippen molar-refractivity contribution in [2.75, 3.05) is 5.32 Å². The number of carbonyl (C=O) groups is 2. The van der Waals surface area contributed by atoms with Crippen LogP contribution < -0.4 is 15.4 Å². The molecule has 2 amide bonds. The Morgan fingerprint density at radius 2 is 1.82 bits per heavy atom. The lowest BCUT2D eigenvalue weighted by molar-refractivity contribution is -0.121. The average Bonchev–Trinajstić information content (AvgIpc) is 3.43. The van der Waals surface area contributed by atoms with Crippen molar-refractivity contribution in [2.24, 2.45) is 0 Å². The Labute approximate surface area is 194 Å². The van der Waals surface area contributed by atoms with E-state index in [1.165, 1.54) is 19.8 Å². The van der Waals surface area contributed by atoms with E-state index in [1.807, 2.05) is 24.3 Å². The van der Waals surface area contributed by atoms with Crippen LogP contribution in [-0.2, 0) is 21.5 Å². The number of amides is 2. The Morgan fingerprint density at radius 1 is 1.09 bits per heavy atom. The van der Waals surface area contributed by atoms with E-state index in [-0.39, 0.29) is 24.3 Å². The van der Waals surface area contributed by atoms with Gasteiger partial charge in [0.25, 0.3) is 0 Å². The number of benzene rings is 1. The zero-order valence-corrected chi connectivity index (χ0v) is 19.4. The minimum atomic E-state index is -0.580. The SMILES string of the molecule is CC(=O)NC1(c2noc(CCC(=O)Nc3ccccc3OC3CCCC3)n2)CCCCCC1. The first-order valence-electron chi connectivity index (χ1n) is 12.2. The molecule has 0 radical (unpaired) electrons. The molecule has 178 valence electrons. The van der Waals surface area contributed by atoms with Gasteiger partial charge in [0.2, 0.25) is 17.7 Å². The first-order valence-corrected chi connectivity index (χ1v) is 12.2. The van der Waals surface area contributed by atoms with Crippen LogP contribution in [0.2, 0.25) is 0 Å². The van der Waals surface area contributed by atoms with Gasteiger partial charge < -0.3 is 19.9 Å². The number of hydrogen-bond donors (Lipinski definition) is 2. The van der Waals surface area contributed by atoms with Crippen LogP contribution in [0.25, 0.3) is 0 Å². The Kier molecular flexibility index (Phi) is 7.62. The summed E-state index contributed by atoms with van der Waals surface area (Å²) in [6.45, 7) is 1.52. The Bertz CT molecular complexity index is 943. The summed E-state index contributed by atoms with van der Waals surface area (Å²) in [5, 5.41) is 10.2. The van der Waals surface area contributed by atoms with Crippen LogP contribution in [0.3, 0.4) is 0 Å². The van der Waals surface area contributed by atoms with Gasteiger partial charge in [0.1, 0.15) is 11.3 Å². The Balaban J connectivity index is 1.36. The van der Waals surface area contributed by atoms with Gasteiger partial charge in [-0.3, -0.25) is 9.59 Å². The molecule has 33 heavy (non-hydrogen) atoms. The van der Waals surface area contributed by atoms with Crippen molar-refractivity contribution < 1.29 is 18.8 Å². The van der Waals surface area contributed by atoms with E-state index in [4.69, 9.17) is 9.26 Å². The van der Waals surface area contributed by atoms with Crippen molar-refractivity contribution >= 4 is 17.5 Å². The number of carbonyl (C=O) groups excluding carboxylic acids is 2. The van der Waals surface area contributed by atoms with Crippen LogP contribution >= 0.6 is 0 Å². The maximum absolute atomic E-state index is 12.6. The van der Waals surface area contributed by atoms with E-state index in [9.17, 15) is 9.59 Å². The number of nitrogens with one attached hydrogen (secondary N) is 2. The highest BCUT2D eigenvalue weighted by atomic mass is 16.5. The highest BCUT2D eigenvalue weighted by Crippen LogP contribution is 2.35. The Hall–Kier alpha value is -2.90. The van der Waals surface area contributed by atoms with Crippen molar-refractivity contribution in [1.82, 2.24) is 15.5 Å². The summed E-state index contributed by atoms with van der Waals surface area (Å²) in [5.74, 6) is 1.41. The van der Waals surface area contributed by atoms with E-state index in [2.05, 4.69) is 20.8 Å². The molecule has 0 atom stereocenters. The van der Waals surface area contributed by atoms with Gasteiger partial charge in [0.15, 0.2) is 5.82 Å². The normalized spacial score (nSPS) is 18.5. The van der Waals surface area contributed by atoms with Gasteiger partial charge in [-0.1, -0.05) is 43.0 Å². The van der Waals surface area contributed by atoms with E-state index in [0.29, 0.717) is 29.6 Å². The minimum absolute atomic E-state index is 0.0962. The molecule has 1 aromatic heterocycles. The van der Waals surface area contributed by atoms with Crippen molar-refractivity contribution in [2.45, 2.75) is 95.6 Å². The largest absolute Gasteiger partial charge is 0.488 e. The fourth-order valence-electron chi connectivity index (χ4n) is 4.92. The number of ether oxygens (including phenoxy) is 1. The van der Waals surface area contributed by atoms with Crippen LogP contribution in [0.1, 0.15) is 89.3 Å². The fraction of sp³-hybridized carbons (Fsp3) is 0.600. The molecule has 2 aliphatic carbocycles. The Morgan fingerprint density at radius 3 is 2.55 bits per heavy atom. The van der Waals surface area contributed by atoms with E-state index >= 15 is 0 Å². The van der Waals surface area contributed by atoms with Gasteiger partial charge >= 0.3 is 0 Å². The molecular formula is C25H34N4O4. The topological polar surface area (TPSA) is 106 Å². The first-order chi connectivity index (χ1) is 16.0. The second-order valence-electron chi connectivity index (χ2n) is 9.26. The van der Waals surface area contributed by atoms with Crippen LogP contribution in [0.15, 0.2) is 28.8 Å². The van der Waals surface area contributed by atoms with Gasteiger partial charge in [0.05, 0.1) is 11.8 Å². The highest BCUT2D eigenvalue weighted by molar-refractivity contribution is 5.92. The average molecular weight is 455 g/mol. The number of nitrogens with zero attached hydrogens (tertiary/aromatic N) is 2. The van der Waals surface area contributed by atoms with Crippen LogP contribution in [-0.4, -0.2) is 28.1 Å². The number of rotatable bonds is 8. The van der Waals surface area contributed by atoms with Gasteiger partial charge in [-0.25, -0.2) is 0 Å². The zero-order chi connectivity index (χ0) is 23.1. The molecule has 2 aliphatic rings. The van der Waals surface area contributed by atoms with Crippen molar-refractivity contribution in [3.05, 3.63) is 36.0 Å². The fourth-order valence-corrected chi connectivity index (χ4v) is 4.92. The number of aromatic nitrogens is 2. The lowest BCUT2D eigenvalue weighted by atomic mass is 9.89.